The number of primary amides is 1. The summed E-state index contributed by atoms with van der Waals surface area (Å²) < 4.78 is 0. The zero-order chi connectivity index (χ0) is 35.5. The first-order chi connectivity index (χ1) is 22.1. The summed E-state index contributed by atoms with van der Waals surface area (Å²) in [7, 11) is 0. The highest BCUT2D eigenvalue weighted by Gasteiger charge is 2.31. The molecule has 0 fully saturated rings. The van der Waals surface area contributed by atoms with Gasteiger partial charge in [-0.15, -0.1) is 0 Å². The Labute approximate surface area is 269 Å². The molecule has 1 aromatic rings. The van der Waals surface area contributed by atoms with E-state index in [9.17, 15) is 43.5 Å². The van der Waals surface area contributed by atoms with Gasteiger partial charge in [-0.1, -0.05) is 0 Å². The Bertz CT molecular complexity index is 1240. The van der Waals surface area contributed by atoms with Gasteiger partial charge < -0.3 is 59.0 Å². The summed E-state index contributed by atoms with van der Waals surface area (Å²) in [5.41, 5.74) is 17.3. The van der Waals surface area contributed by atoms with Crippen molar-refractivity contribution in [3.05, 3.63) is 18.2 Å². The van der Waals surface area contributed by atoms with Gasteiger partial charge in [-0.05, 0) is 45.6 Å². The van der Waals surface area contributed by atoms with Gasteiger partial charge in [0, 0.05) is 31.2 Å². The summed E-state index contributed by atoms with van der Waals surface area (Å²) in [6, 6.07) is -6.49. The monoisotopic (exact) mass is 668 g/mol. The maximum atomic E-state index is 13.4. The number of hydrogen-bond donors (Lipinski definition) is 11. The zero-order valence-electron chi connectivity index (χ0n) is 26.0. The summed E-state index contributed by atoms with van der Waals surface area (Å²) in [6.07, 6.45) is 2.30. The highest BCUT2D eigenvalue weighted by Crippen LogP contribution is 2.07. The molecule has 0 saturated carbocycles. The predicted molar refractivity (Wildman–Crippen MR) is 163 cm³/mol. The third-order valence-corrected chi connectivity index (χ3v) is 6.67. The highest BCUT2D eigenvalue weighted by atomic mass is 16.4. The van der Waals surface area contributed by atoms with Gasteiger partial charge in [-0.2, -0.15) is 0 Å². The molecule has 20 heteroatoms. The van der Waals surface area contributed by atoms with Crippen molar-refractivity contribution in [3.63, 3.8) is 0 Å². The van der Waals surface area contributed by atoms with Crippen molar-refractivity contribution < 1.29 is 48.6 Å². The van der Waals surface area contributed by atoms with Crippen molar-refractivity contribution in [2.75, 3.05) is 13.1 Å². The number of unbranched alkanes of at least 4 members (excludes halogenated alkanes) is 1. The molecule has 0 radical (unpaired) electrons. The molecule has 20 nitrogen and oxygen atoms in total. The number of nitrogens with two attached hydrogens (primary N) is 3. The van der Waals surface area contributed by atoms with Crippen LogP contribution in [0.3, 0.4) is 0 Å². The van der Waals surface area contributed by atoms with Gasteiger partial charge in [0.1, 0.15) is 24.2 Å². The number of imidazole rings is 1. The number of carbonyl (C=O) groups excluding carboxylic acids is 6. The highest BCUT2D eigenvalue weighted by molar-refractivity contribution is 5.96. The molecule has 0 unspecified atom stereocenters. The fourth-order valence-electron chi connectivity index (χ4n) is 4.05. The number of H-pyrrole nitrogens is 1. The largest absolute Gasteiger partial charge is 0.481 e. The summed E-state index contributed by atoms with van der Waals surface area (Å²) >= 11 is 0. The fraction of sp³-hybridized carbons (Fsp3) is 0.593. The lowest BCUT2D eigenvalue weighted by atomic mass is 10.0. The number of carbonyl (C=O) groups is 8. The number of amides is 6. The van der Waals surface area contributed by atoms with Crippen LogP contribution >= 0.6 is 0 Å². The van der Waals surface area contributed by atoms with E-state index < -0.39 is 97.0 Å². The Morgan fingerprint density at radius 3 is 1.94 bits per heavy atom. The van der Waals surface area contributed by atoms with E-state index in [0.29, 0.717) is 25.1 Å². The zero-order valence-corrected chi connectivity index (χ0v) is 26.0. The Balaban J connectivity index is 3.08. The van der Waals surface area contributed by atoms with Crippen molar-refractivity contribution in [2.45, 2.75) is 88.5 Å². The van der Waals surface area contributed by atoms with Crippen LogP contribution in [-0.2, 0) is 44.8 Å². The minimum absolute atomic E-state index is 0.0849. The third-order valence-electron chi connectivity index (χ3n) is 6.67. The third kappa shape index (κ3) is 16.1. The second-order valence-electron chi connectivity index (χ2n) is 10.6. The normalized spacial score (nSPS) is 13.9. The van der Waals surface area contributed by atoms with Crippen LogP contribution in [0.5, 0.6) is 0 Å². The maximum absolute atomic E-state index is 13.4. The Morgan fingerprint density at radius 1 is 0.830 bits per heavy atom. The average molecular weight is 669 g/mol. The standard InChI is InChI=1S/C27H44N10O10/c1-14(27(46)47)34-21(39)12-32-24(43)18(5-7-20(30)38)36-26(45)19(6-8-22(40)41)37-25(44)17(4-2-3-9-28)35-23(42)16(29)10-15-11-31-13-33-15/h11,13-14,16-19H,2-10,12,28-29H2,1H3,(H2,30,38)(H,31,33)(H,32,43)(H,34,39)(H,35,42)(H,36,45)(H,37,44)(H,40,41)(H,46,47)/t14-,16-,17-,18-,19-/m0/s1. The minimum atomic E-state index is -1.52. The molecule has 0 bridgehead atoms. The Morgan fingerprint density at radius 2 is 1.40 bits per heavy atom. The van der Waals surface area contributed by atoms with Gasteiger partial charge in [-0.25, -0.2) is 4.98 Å². The first-order valence-electron chi connectivity index (χ1n) is 14.8. The Kier molecular flexibility index (Phi) is 17.7. The second-order valence-corrected chi connectivity index (χ2v) is 10.6. The molecule has 0 aliphatic rings. The van der Waals surface area contributed by atoms with E-state index >= 15 is 0 Å². The number of aromatic amines is 1. The van der Waals surface area contributed by atoms with Gasteiger partial charge in [0.15, 0.2) is 0 Å². The minimum Gasteiger partial charge on any atom is -0.481 e. The summed E-state index contributed by atoms with van der Waals surface area (Å²) in [5.74, 6) is -7.74. The van der Waals surface area contributed by atoms with E-state index in [2.05, 4.69) is 36.6 Å². The van der Waals surface area contributed by atoms with Crippen LogP contribution in [0, 0.1) is 0 Å². The number of nitrogens with zero attached hydrogens (tertiary/aromatic N) is 1. The van der Waals surface area contributed by atoms with Crippen molar-refractivity contribution in [1.29, 1.82) is 0 Å². The molecule has 14 N–H and O–H groups in total. The van der Waals surface area contributed by atoms with E-state index in [1.165, 1.54) is 19.4 Å². The van der Waals surface area contributed by atoms with Gasteiger partial charge in [0.2, 0.25) is 35.4 Å². The van der Waals surface area contributed by atoms with E-state index in [0.717, 1.165) is 0 Å². The number of carboxylic acids is 2. The van der Waals surface area contributed by atoms with E-state index in [1.807, 2.05) is 0 Å². The molecular weight excluding hydrogens is 624 g/mol. The number of hydrogen-bond acceptors (Lipinski definition) is 11. The summed E-state index contributed by atoms with van der Waals surface area (Å²) in [6.45, 7) is 0.832. The topological polar surface area (TPSA) is 344 Å². The summed E-state index contributed by atoms with van der Waals surface area (Å²) in [5, 5.41) is 29.8. The maximum Gasteiger partial charge on any atom is 0.325 e. The SMILES string of the molecule is C[C@H](NC(=O)CNC(=O)[C@H](CCC(N)=O)NC(=O)[C@H](CCC(=O)O)NC(=O)[C@H](CCCCN)NC(=O)[C@@H](N)Cc1cnc[nH]1)C(=O)O. The molecule has 0 aliphatic heterocycles. The molecule has 0 saturated heterocycles. The molecule has 47 heavy (non-hydrogen) atoms. The van der Waals surface area contributed by atoms with E-state index in [1.54, 1.807) is 0 Å². The lowest BCUT2D eigenvalue weighted by Gasteiger charge is -2.25. The predicted octanol–water partition coefficient (Wildman–Crippen LogP) is -4.30. The number of aliphatic carboxylic acids is 2. The number of nitrogens with one attached hydrogen (secondary N) is 6. The van der Waals surface area contributed by atoms with Crippen molar-refractivity contribution >= 4 is 47.4 Å². The van der Waals surface area contributed by atoms with Crippen molar-refractivity contribution in [3.8, 4) is 0 Å². The number of rotatable bonds is 23. The molecule has 0 aliphatic carbocycles. The lowest BCUT2D eigenvalue weighted by Crippen LogP contribution is -2.58. The van der Waals surface area contributed by atoms with Crippen molar-refractivity contribution in [2.24, 2.45) is 17.2 Å². The molecule has 0 aromatic carbocycles. The molecule has 6 amide bonds. The van der Waals surface area contributed by atoms with Crippen LogP contribution in [0.1, 0.15) is 57.6 Å². The lowest BCUT2D eigenvalue weighted by molar-refractivity contribution is -0.141. The molecular formula is C27H44N10O10. The molecule has 1 heterocycles. The van der Waals surface area contributed by atoms with Crippen LogP contribution in [0.2, 0.25) is 0 Å². The van der Waals surface area contributed by atoms with Crippen LogP contribution in [0.25, 0.3) is 0 Å². The first kappa shape index (κ1) is 39.9. The van der Waals surface area contributed by atoms with Crippen LogP contribution in [0.15, 0.2) is 12.5 Å². The molecule has 0 spiro atoms. The van der Waals surface area contributed by atoms with Gasteiger partial charge in [-0.3, -0.25) is 38.4 Å². The smallest absolute Gasteiger partial charge is 0.325 e. The van der Waals surface area contributed by atoms with Gasteiger partial charge in [0.25, 0.3) is 0 Å². The molecule has 1 aromatic heterocycles. The Hall–Kier alpha value is -5.11. The summed E-state index contributed by atoms with van der Waals surface area (Å²) in [4.78, 5) is 105. The molecule has 262 valence electrons. The van der Waals surface area contributed by atoms with Crippen LogP contribution in [0.4, 0.5) is 0 Å². The molecule has 1 rings (SSSR count). The average Bonchev–Trinajstić information content (AvgIpc) is 3.52. The number of carboxylic acid groups (broad SMARTS) is 2. The van der Waals surface area contributed by atoms with E-state index in [4.69, 9.17) is 22.3 Å². The molecule has 5 atom stereocenters. The van der Waals surface area contributed by atoms with Crippen LogP contribution < -0.4 is 43.8 Å². The van der Waals surface area contributed by atoms with E-state index in [-0.39, 0.29) is 25.7 Å². The number of aromatic nitrogens is 2. The fourth-order valence-corrected chi connectivity index (χ4v) is 4.05. The first-order valence-corrected chi connectivity index (χ1v) is 14.8. The quantitative estimate of drug-likeness (QED) is 0.0492. The van der Waals surface area contributed by atoms with Gasteiger partial charge >= 0.3 is 11.9 Å². The van der Waals surface area contributed by atoms with Crippen LogP contribution in [-0.4, -0.2) is 111 Å². The second kappa shape index (κ2) is 20.8. The van der Waals surface area contributed by atoms with Crippen molar-refractivity contribution in [1.82, 2.24) is 36.6 Å². The van der Waals surface area contributed by atoms with Gasteiger partial charge in [0.05, 0.1) is 18.9 Å².